The molecule has 6 nitrogen and oxygen atoms in total. The first-order valence-electron chi connectivity index (χ1n) is 7.16. The molecule has 0 spiro atoms. The van der Waals surface area contributed by atoms with Gasteiger partial charge in [-0.2, -0.15) is 0 Å². The number of aliphatic carboxylic acids is 1. The van der Waals surface area contributed by atoms with Crippen LogP contribution in [0.25, 0.3) is 6.08 Å². The smallest absolute Gasteiger partial charge is 0.255 e. The lowest BCUT2D eigenvalue weighted by atomic mass is 10.1. The Hall–Kier alpha value is -3.35. The number of ether oxygens (including phenoxy) is 2. The first kappa shape index (κ1) is 18.0. The van der Waals surface area contributed by atoms with E-state index in [1.54, 1.807) is 18.2 Å². The van der Waals surface area contributed by atoms with Crippen LogP contribution in [0.5, 0.6) is 11.5 Å². The largest absolute Gasteiger partial charge is 0.543 e. The van der Waals surface area contributed by atoms with E-state index in [0.717, 1.165) is 12.1 Å². The van der Waals surface area contributed by atoms with E-state index in [1.165, 1.54) is 32.4 Å². The fourth-order valence-corrected chi connectivity index (χ4v) is 2.05. The summed E-state index contributed by atoms with van der Waals surface area (Å²) >= 11 is 0. The molecule has 2 rings (SSSR count). The summed E-state index contributed by atoms with van der Waals surface area (Å²) in [5, 5.41) is 13.6. The number of halogens is 1. The Balaban J connectivity index is 2.34. The summed E-state index contributed by atoms with van der Waals surface area (Å²) in [5.41, 5.74) is 0.00694. The van der Waals surface area contributed by atoms with Crippen LogP contribution in [0.1, 0.15) is 15.9 Å². The summed E-state index contributed by atoms with van der Waals surface area (Å²) in [5.74, 6) is -1.93. The van der Waals surface area contributed by atoms with Gasteiger partial charge in [-0.3, -0.25) is 4.79 Å². The fraction of sp³-hybridized carbons (Fsp3) is 0.111. The Morgan fingerprint density at radius 3 is 2.32 bits per heavy atom. The number of benzene rings is 2. The maximum Gasteiger partial charge on any atom is 0.255 e. The third kappa shape index (κ3) is 4.57. The van der Waals surface area contributed by atoms with Crippen molar-refractivity contribution in [2.75, 3.05) is 14.2 Å². The molecule has 0 heterocycles. The summed E-state index contributed by atoms with van der Waals surface area (Å²) in [4.78, 5) is 23.5. The highest BCUT2D eigenvalue weighted by Gasteiger charge is 2.11. The van der Waals surface area contributed by atoms with Gasteiger partial charge in [-0.15, -0.1) is 0 Å². The minimum absolute atomic E-state index is 0.103. The van der Waals surface area contributed by atoms with Gasteiger partial charge in [0.05, 0.1) is 25.9 Å². The van der Waals surface area contributed by atoms with Crippen LogP contribution < -0.4 is 19.9 Å². The third-order valence-electron chi connectivity index (χ3n) is 3.31. The molecule has 1 N–H and O–H groups in total. The zero-order chi connectivity index (χ0) is 18.4. The predicted molar refractivity (Wildman–Crippen MR) is 86.4 cm³/mol. The van der Waals surface area contributed by atoms with Crippen molar-refractivity contribution in [3.05, 3.63) is 65.1 Å². The van der Waals surface area contributed by atoms with Crippen LogP contribution in [0.3, 0.4) is 0 Å². The summed E-state index contributed by atoms with van der Waals surface area (Å²) < 4.78 is 23.2. The van der Waals surface area contributed by atoms with Crippen molar-refractivity contribution in [1.29, 1.82) is 0 Å². The van der Waals surface area contributed by atoms with Crippen LogP contribution in [0.15, 0.2) is 48.2 Å². The second-order valence-electron chi connectivity index (χ2n) is 4.91. The Morgan fingerprint density at radius 1 is 1.08 bits per heavy atom. The topological polar surface area (TPSA) is 87.7 Å². The van der Waals surface area contributed by atoms with Gasteiger partial charge in [-0.05, 0) is 48.5 Å². The van der Waals surface area contributed by atoms with Crippen LogP contribution >= 0.6 is 0 Å². The molecule has 0 bridgehead atoms. The maximum atomic E-state index is 12.9. The number of carboxylic acid groups (broad SMARTS) is 1. The van der Waals surface area contributed by atoms with Crippen molar-refractivity contribution in [2.24, 2.45) is 0 Å². The second-order valence-corrected chi connectivity index (χ2v) is 4.91. The summed E-state index contributed by atoms with van der Waals surface area (Å²) in [7, 11) is 2.89. The number of rotatable bonds is 6. The van der Waals surface area contributed by atoms with E-state index in [-0.39, 0.29) is 5.56 Å². The third-order valence-corrected chi connectivity index (χ3v) is 3.31. The Bertz CT molecular complexity index is 815. The number of carbonyl (C=O) groups excluding carboxylic acids is 2. The van der Waals surface area contributed by atoms with Crippen molar-refractivity contribution < 1.29 is 28.6 Å². The summed E-state index contributed by atoms with van der Waals surface area (Å²) in [6.45, 7) is 0. The standard InChI is InChI=1S/C18H16FNO5/c1-24-14-7-8-16(25-2)12(9-14)10-15(18(22)23)20-17(21)11-3-5-13(19)6-4-11/h3-10H,1-2H3,(H,20,21)(H,22,23)/p-1/b15-10+. The Morgan fingerprint density at radius 2 is 1.76 bits per heavy atom. The fourth-order valence-electron chi connectivity index (χ4n) is 2.05. The van der Waals surface area contributed by atoms with Crippen LogP contribution in [0, 0.1) is 5.82 Å². The average Bonchev–Trinajstić information content (AvgIpc) is 2.61. The molecule has 0 unspecified atom stereocenters. The zero-order valence-electron chi connectivity index (χ0n) is 13.5. The Labute approximate surface area is 143 Å². The van der Waals surface area contributed by atoms with Crippen LogP contribution in [0.2, 0.25) is 0 Å². The van der Waals surface area contributed by atoms with E-state index in [2.05, 4.69) is 5.32 Å². The minimum atomic E-state index is -1.58. The first-order chi connectivity index (χ1) is 11.9. The molecule has 0 fully saturated rings. The second kappa shape index (κ2) is 7.96. The summed E-state index contributed by atoms with van der Waals surface area (Å²) in [6.07, 6.45) is 1.19. The number of nitrogens with one attached hydrogen (secondary N) is 1. The first-order valence-corrected chi connectivity index (χ1v) is 7.16. The molecule has 2 aromatic rings. The van der Waals surface area contributed by atoms with Gasteiger partial charge in [0.25, 0.3) is 5.91 Å². The molecular weight excluding hydrogens is 329 g/mol. The number of methoxy groups -OCH3 is 2. The maximum absolute atomic E-state index is 12.9. The van der Waals surface area contributed by atoms with Crippen LogP contribution in [-0.4, -0.2) is 26.1 Å². The van der Waals surface area contributed by atoms with Gasteiger partial charge in [-0.25, -0.2) is 4.39 Å². The van der Waals surface area contributed by atoms with Gasteiger partial charge in [0.1, 0.15) is 17.3 Å². The number of hydrogen-bond acceptors (Lipinski definition) is 5. The van der Waals surface area contributed by atoms with E-state index in [4.69, 9.17) is 9.47 Å². The molecule has 0 aromatic heterocycles. The van der Waals surface area contributed by atoms with E-state index in [9.17, 15) is 19.1 Å². The molecule has 0 aliphatic heterocycles. The van der Waals surface area contributed by atoms with Gasteiger partial charge in [0.2, 0.25) is 0 Å². The minimum Gasteiger partial charge on any atom is -0.543 e. The molecule has 130 valence electrons. The highest BCUT2D eigenvalue weighted by atomic mass is 19.1. The average molecular weight is 344 g/mol. The van der Waals surface area contributed by atoms with E-state index < -0.39 is 23.4 Å². The highest BCUT2D eigenvalue weighted by Crippen LogP contribution is 2.25. The van der Waals surface area contributed by atoms with Crippen LogP contribution in [-0.2, 0) is 4.79 Å². The van der Waals surface area contributed by atoms with Crippen molar-refractivity contribution in [2.45, 2.75) is 0 Å². The van der Waals surface area contributed by atoms with Crippen molar-refractivity contribution >= 4 is 18.0 Å². The molecule has 0 saturated carbocycles. The predicted octanol–water partition coefficient (Wildman–Crippen LogP) is 1.36. The van der Waals surface area contributed by atoms with Crippen molar-refractivity contribution in [1.82, 2.24) is 5.32 Å². The molecule has 2 aromatic carbocycles. The molecule has 0 aliphatic rings. The molecule has 7 heteroatoms. The molecule has 25 heavy (non-hydrogen) atoms. The quantitative estimate of drug-likeness (QED) is 0.800. The SMILES string of the molecule is COc1ccc(OC)c(/C=C(/NC(=O)c2ccc(F)cc2)C(=O)[O-])c1. The lowest BCUT2D eigenvalue weighted by molar-refractivity contribution is -0.299. The van der Waals surface area contributed by atoms with Crippen LogP contribution in [0.4, 0.5) is 4.39 Å². The molecule has 0 atom stereocenters. The lowest BCUT2D eigenvalue weighted by Crippen LogP contribution is -2.35. The van der Waals surface area contributed by atoms with E-state index in [1.807, 2.05) is 0 Å². The van der Waals surface area contributed by atoms with E-state index in [0.29, 0.717) is 17.1 Å². The molecule has 0 saturated heterocycles. The number of hydrogen-bond donors (Lipinski definition) is 1. The molecule has 0 radical (unpaired) electrons. The molecular formula is C18H15FNO5-. The van der Waals surface area contributed by atoms with Gasteiger partial charge in [-0.1, -0.05) is 0 Å². The summed E-state index contributed by atoms with van der Waals surface area (Å²) in [6, 6.07) is 9.47. The van der Waals surface area contributed by atoms with E-state index >= 15 is 0 Å². The zero-order valence-corrected chi connectivity index (χ0v) is 13.5. The number of carboxylic acids is 1. The highest BCUT2D eigenvalue weighted by molar-refractivity contribution is 6.02. The van der Waals surface area contributed by atoms with Gasteiger partial charge < -0.3 is 24.7 Å². The lowest BCUT2D eigenvalue weighted by Gasteiger charge is -2.13. The van der Waals surface area contributed by atoms with Crippen molar-refractivity contribution in [3.63, 3.8) is 0 Å². The number of amides is 1. The van der Waals surface area contributed by atoms with Gasteiger partial charge >= 0.3 is 0 Å². The van der Waals surface area contributed by atoms with Gasteiger partial charge in [0.15, 0.2) is 0 Å². The molecule has 1 amide bonds. The normalized spacial score (nSPS) is 10.9. The molecule has 0 aliphatic carbocycles. The monoisotopic (exact) mass is 344 g/mol. The van der Waals surface area contributed by atoms with Gasteiger partial charge in [0, 0.05) is 11.1 Å². The number of carbonyl (C=O) groups is 2. The van der Waals surface area contributed by atoms with Crippen molar-refractivity contribution in [3.8, 4) is 11.5 Å². The Kier molecular flexibility index (Phi) is 5.73.